The van der Waals surface area contributed by atoms with E-state index in [4.69, 9.17) is 5.11 Å². The Morgan fingerprint density at radius 3 is 2.67 bits per heavy atom. The largest absolute Gasteiger partial charge is 0.396 e. The van der Waals surface area contributed by atoms with Crippen LogP contribution in [-0.2, 0) is 4.79 Å². The van der Waals surface area contributed by atoms with Gasteiger partial charge in [0.15, 0.2) is 0 Å². The molecule has 2 rings (SSSR count). The van der Waals surface area contributed by atoms with E-state index in [-0.39, 0.29) is 18.4 Å². The molecule has 0 fully saturated rings. The number of rotatable bonds is 3. The molecular weight excluding hydrogens is 228 g/mol. The highest BCUT2D eigenvalue weighted by Crippen LogP contribution is 2.28. The molecule has 1 aliphatic heterocycles. The first-order chi connectivity index (χ1) is 8.54. The normalized spacial score (nSPS) is 19.3. The summed E-state index contributed by atoms with van der Waals surface area (Å²) in [4.78, 5) is 12.2. The first-order valence-electron chi connectivity index (χ1n) is 6.11. The lowest BCUT2D eigenvalue weighted by Crippen LogP contribution is -2.28. The van der Waals surface area contributed by atoms with E-state index in [0.717, 1.165) is 22.5 Å². The number of aliphatic hydroxyl groups is 1. The lowest BCUT2D eigenvalue weighted by atomic mass is 10.0. The van der Waals surface area contributed by atoms with Crippen molar-refractivity contribution in [3.63, 3.8) is 0 Å². The number of anilines is 1. The summed E-state index contributed by atoms with van der Waals surface area (Å²) < 4.78 is 0. The maximum atomic E-state index is 12.2. The molecule has 96 valence electrons. The summed E-state index contributed by atoms with van der Waals surface area (Å²) >= 11 is 0. The molecular formula is C14H18N2O2. The Morgan fingerprint density at radius 2 is 2.06 bits per heavy atom. The molecule has 1 N–H and O–H groups in total. The van der Waals surface area contributed by atoms with Crippen molar-refractivity contribution in [2.24, 2.45) is 11.0 Å². The zero-order chi connectivity index (χ0) is 13.3. The molecule has 0 aliphatic carbocycles. The second-order valence-corrected chi connectivity index (χ2v) is 4.75. The van der Waals surface area contributed by atoms with E-state index in [1.54, 1.807) is 0 Å². The number of carbonyl (C=O) groups excluding carboxylic acids is 1. The van der Waals surface area contributed by atoms with Gasteiger partial charge < -0.3 is 5.11 Å². The van der Waals surface area contributed by atoms with Gasteiger partial charge in [-0.1, -0.05) is 17.7 Å². The quantitative estimate of drug-likeness (QED) is 0.887. The highest BCUT2D eigenvalue weighted by atomic mass is 16.3. The van der Waals surface area contributed by atoms with Gasteiger partial charge in [-0.05, 0) is 38.8 Å². The predicted octanol–water partition coefficient (Wildman–Crippen LogP) is 2.02. The SMILES string of the molecule is CC1=NN(c2ccc(C)cc2C)C(=O)C1CCO. The summed E-state index contributed by atoms with van der Waals surface area (Å²) in [6.45, 7) is 5.83. The second kappa shape index (κ2) is 4.90. The van der Waals surface area contributed by atoms with Gasteiger partial charge in [-0.3, -0.25) is 4.79 Å². The van der Waals surface area contributed by atoms with Crippen molar-refractivity contribution in [1.82, 2.24) is 0 Å². The Labute approximate surface area is 107 Å². The van der Waals surface area contributed by atoms with Gasteiger partial charge in [0.05, 0.1) is 11.6 Å². The molecule has 0 radical (unpaired) electrons. The average Bonchev–Trinajstić information content (AvgIpc) is 2.58. The molecule has 1 amide bonds. The third-order valence-electron chi connectivity index (χ3n) is 3.27. The molecule has 0 spiro atoms. The highest BCUT2D eigenvalue weighted by molar-refractivity contribution is 6.14. The number of amides is 1. The topological polar surface area (TPSA) is 52.9 Å². The van der Waals surface area contributed by atoms with Crippen LogP contribution in [0.4, 0.5) is 5.69 Å². The number of hydrazone groups is 1. The number of hydrogen-bond donors (Lipinski definition) is 1. The molecule has 1 unspecified atom stereocenters. The fraction of sp³-hybridized carbons (Fsp3) is 0.429. The molecule has 1 heterocycles. The van der Waals surface area contributed by atoms with Crippen LogP contribution < -0.4 is 5.01 Å². The second-order valence-electron chi connectivity index (χ2n) is 4.75. The monoisotopic (exact) mass is 246 g/mol. The van der Waals surface area contributed by atoms with Gasteiger partial charge in [0.2, 0.25) is 0 Å². The van der Waals surface area contributed by atoms with Crippen LogP contribution in [0.5, 0.6) is 0 Å². The van der Waals surface area contributed by atoms with E-state index in [0.29, 0.717) is 6.42 Å². The molecule has 1 atom stereocenters. The maximum absolute atomic E-state index is 12.2. The fourth-order valence-electron chi connectivity index (χ4n) is 2.28. The molecule has 0 bridgehead atoms. The third-order valence-corrected chi connectivity index (χ3v) is 3.27. The van der Waals surface area contributed by atoms with Gasteiger partial charge in [0.25, 0.3) is 5.91 Å². The zero-order valence-electron chi connectivity index (χ0n) is 11.0. The third kappa shape index (κ3) is 2.16. The Bertz CT molecular complexity index is 509. The van der Waals surface area contributed by atoms with Crippen molar-refractivity contribution in [1.29, 1.82) is 0 Å². The van der Waals surface area contributed by atoms with E-state index in [1.807, 2.05) is 39.0 Å². The summed E-state index contributed by atoms with van der Waals surface area (Å²) in [5, 5.41) is 14.8. The van der Waals surface area contributed by atoms with Crippen molar-refractivity contribution in [3.8, 4) is 0 Å². The summed E-state index contributed by atoms with van der Waals surface area (Å²) in [5.74, 6) is -0.329. The zero-order valence-corrected chi connectivity index (χ0v) is 11.0. The van der Waals surface area contributed by atoms with Crippen molar-refractivity contribution in [2.75, 3.05) is 11.6 Å². The fourth-order valence-corrected chi connectivity index (χ4v) is 2.28. The minimum absolute atomic E-state index is 0.00396. The van der Waals surface area contributed by atoms with E-state index in [2.05, 4.69) is 5.10 Å². The predicted molar refractivity (Wildman–Crippen MR) is 71.7 cm³/mol. The van der Waals surface area contributed by atoms with Crippen LogP contribution >= 0.6 is 0 Å². The standard InChI is InChI=1S/C14H18N2O2/c1-9-4-5-13(10(2)8-9)16-14(18)12(6-7-17)11(3)15-16/h4-5,8,12,17H,6-7H2,1-3H3. The summed E-state index contributed by atoms with van der Waals surface area (Å²) in [6.07, 6.45) is 0.440. The molecule has 4 nitrogen and oxygen atoms in total. The Hall–Kier alpha value is -1.68. The van der Waals surface area contributed by atoms with E-state index in [1.165, 1.54) is 5.01 Å². The number of aliphatic hydroxyl groups excluding tert-OH is 1. The van der Waals surface area contributed by atoms with Gasteiger partial charge in [0, 0.05) is 12.3 Å². The number of benzene rings is 1. The number of carbonyl (C=O) groups is 1. The molecule has 1 aliphatic rings. The number of hydrogen-bond acceptors (Lipinski definition) is 3. The van der Waals surface area contributed by atoms with Crippen LogP contribution in [0.3, 0.4) is 0 Å². The molecule has 0 saturated heterocycles. The van der Waals surface area contributed by atoms with E-state index in [9.17, 15) is 4.79 Å². The van der Waals surface area contributed by atoms with Gasteiger partial charge in [-0.2, -0.15) is 10.1 Å². The molecule has 0 aromatic heterocycles. The van der Waals surface area contributed by atoms with Gasteiger partial charge in [0.1, 0.15) is 0 Å². The van der Waals surface area contributed by atoms with Crippen LogP contribution in [0.1, 0.15) is 24.5 Å². The highest BCUT2D eigenvalue weighted by Gasteiger charge is 2.34. The van der Waals surface area contributed by atoms with Crippen LogP contribution in [0.25, 0.3) is 0 Å². The number of aryl methyl sites for hydroxylation is 2. The summed E-state index contributed by atoms with van der Waals surface area (Å²) in [6, 6.07) is 5.92. The van der Waals surface area contributed by atoms with Gasteiger partial charge in [-0.25, -0.2) is 0 Å². The van der Waals surface area contributed by atoms with E-state index >= 15 is 0 Å². The summed E-state index contributed by atoms with van der Waals surface area (Å²) in [5.41, 5.74) is 3.79. The van der Waals surface area contributed by atoms with Crippen molar-refractivity contribution in [3.05, 3.63) is 29.3 Å². The van der Waals surface area contributed by atoms with Crippen molar-refractivity contribution >= 4 is 17.3 Å². The average molecular weight is 246 g/mol. The van der Waals surface area contributed by atoms with Crippen LogP contribution in [0.15, 0.2) is 23.3 Å². The molecule has 4 heteroatoms. The Morgan fingerprint density at radius 1 is 1.33 bits per heavy atom. The first kappa shape index (κ1) is 12.8. The maximum Gasteiger partial charge on any atom is 0.256 e. The molecule has 0 saturated carbocycles. The molecule has 1 aromatic rings. The number of nitrogens with zero attached hydrogens (tertiary/aromatic N) is 2. The lowest BCUT2D eigenvalue weighted by Gasteiger charge is -2.16. The Balaban J connectivity index is 2.33. The van der Waals surface area contributed by atoms with Crippen molar-refractivity contribution < 1.29 is 9.90 Å². The van der Waals surface area contributed by atoms with Gasteiger partial charge >= 0.3 is 0 Å². The van der Waals surface area contributed by atoms with Crippen LogP contribution in [-0.4, -0.2) is 23.3 Å². The Kier molecular flexibility index (Phi) is 3.48. The summed E-state index contributed by atoms with van der Waals surface area (Å²) in [7, 11) is 0. The minimum Gasteiger partial charge on any atom is -0.396 e. The van der Waals surface area contributed by atoms with Crippen molar-refractivity contribution in [2.45, 2.75) is 27.2 Å². The van der Waals surface area contributed by atoms with Crippen LogP contribution in [0, 0.1) is 19.8 Å². The van der Waals surface area contributed by atoms with Crippen LogP contribution in [0.2, 0.25) is 0 Å². The minimum atomic E-state index is -0.282. The lowest BCUT2D eigenvalue weighted by molar-refractivity contribution is -0.120. The van der Waals surface area contributed by atoms with E-state index < -0.39 is 0 Å². The molecule has 18 heavy (non-hydrogen) atoms. The smallest absolute Gasteiger partial charge is 0.256 e. The van der Waals surface area contributed by atoms with Gasteiger partial charge in [-0.15, -0.1) is 0 Å². The molecule has 1 aromatic carbocycles. The first-order valence-corrected chi connectivity index (χ1v) is 6.11.